The minimum Gasteiger partial charge on any atom is -0.508 e. The van der Waals surface area contributed by atoms with Crippen LogP contribution in [-0.2, 0) is 11.2 Å². The van der Waals surface area contributed by atoms with E-state index in [1.165, 1.54) is 0 Å². The van der Waals surface area contributed by atoms with Crippen LogP contribution in [0.2, 0.25) is 0 Å². The molecule has 3 nitrogen and oxygen atoms in total. The molecule has 0 aliphatic carbocycles. The Kier molecular flexibility index (Phi) is 2.90. The molecule has 1 aliphatic rings. The highest BCUT2D eigenvalue weighted by Crippen LogP contribution is 2.13. The van der Waals surface area contributed by atoms with Crippen molar-refractivity contribution < 1.29 is 9.90 Å². The SMILES string of the molecule is O=C1CCCN1CCc1ccc(O)cc1. The molecule has 0 saturated carbocycles. The van der Waals surface area contributed by atoms with Crippen LogP contribution in [0.25, 0.3) is 0 Å². The van der Waals surface area contributed by atoms with Crippen LogP contribution in [0.3, 0.4) is 0 Å². The van der Waals surface area contributed by atoms with E-state index in [2.05, 4.69) is 0 Å². The van der Waals surface area contributed by atoms with E-state index in [4.69, 9.17) is 5.11 Å². The molecule has 1 fully saturated rings. The lowest BCUT2D eigenvalue weighted by Crippen LogP contribution is -2.26. The van der Waals surface area contributed by atoms with Gasteiger partial charge >= 0.3 is 0 Å². The van der Waals surface area contributed by atoms with Gasteiger partial charge < -0.3 is 10.0 Å². The first kappa shape index (κ1) is 10.0. The Morgan fingerprint density at radius 2 is 2.00 bits per heavy atom. The zero-order valence-corrected chi connectivity index (χ0v) is 8.65. The Hall–Kier alpha value is -1.51. The van der Waals surface area contributed by atoms with Crippen molar-refractivity contribution in [3.05, 3.63) is 29.8 Å². The van der Waals surface area contributed by atoms with Crippen LogP contribution in [0.15, 0.2) is 24.3 Å². The van der Waals surface area contributed by atoms with Crippen LogP contribution < -0.4 is 0 Å². The molecule has 1 aromatic rings. The van der Waals surface area contributed by atoms with Gasteiger partial charge in [0.1, 0.15) is 5.75 Å². The summed E-state index contributed by atoms with van der Waals surface area (Å²) in [5, 5.41) is 9.11. The first-order valence-corrected chi connectivity index (χ1v) is 5.31. The second-order valence-corrected chi connectivity index (χ2v) is 3.90. The third-order valence-electron chi connectivity index (χ3n) is 2.78. The van der Waals surface area contributed by atoms with Crippen LogP contribution >= 0.6 is 0 Å². The largest absolute Gasteiger partial charge is 0.508 e. The molecule has 1 aromatic carbocycles. The lowest BCUT2D eigenvalue weighted by atomic mass is 10.1. The molecule has 0 radical (unpaired) electrons. The fraction of sp³-hybridized carbons (Fsp3) is 0.417. The number of hydrogen-bond donors (Lipinski definition) is 1. The molecule has 3 heteroatoms. The van der Waals surface area contributed by atoms with Gasteiger partial charge in [0, 0.05) is 19.5 Å². The van der Waals surface area contributed by atoms with Gasteiger partial charge in [0.15, 0.2) is 0 Å². The summed E-state index contributed by atoms with van der Waals surface area (Å²) < 4.78 is 0. The summed E-state index contributed by atoms with van der Waals surface area (Å²) in [6, 6.07) is 7.16. The van der Waals surface area contributed by atoms with Gasteiger partial charge in [-0.05, 0) is 30.5 Å². The summed E-state index contributed by atoms with van der Waals surface area (Å²) in [5.74, 6) is 0.560. The van der Waals surface area contributed by atoms with Gasteiger partial charge in [0.2, 0.25) is 5.91 Å². The molecule has 0 aromatic heterocycles. The highest BCUT2D eigenvalue weighted by Gasteiger charge is 2.19. The van der Waals surface area contributed by atoms with Crippen molar-refractivity contribution in [1.82, 2.24) is 4.90 Å². The number of aromatic hydroxyl groups is 1. The monoisotopic (exact) mass is 205 g/mol. The van der Waals surface area contributed by atoms with Crippen LogP contribution in [0.5, 0.6) is 5.75 Å². The van der Waals surface area contributed by atoms with Crippen molar-refractivity contribution in [2.24, 2.45) is 0 Å². The maximum atomic E-state index is 11.3. The number of likely N-dealkylation sites (tertiary alicyclic amines) is 1. The molecule has 0 spiro atoms. The van der Waals surface area contributed by atoms with Gasteiger partial charge in [-0.3, -0.25) is 4.79 Å². The Labute approximate surface area is 89.3 Å². The summed E-state index contributed by atoms with van der Waals surface area (Å²) in [5.41, 5.74) is 1.16. The average molecular weight is 205 g/mol. The molecule has 1 heterocycles. The van der Waals surface area contributed by atoms with Crippen LogP contribution in [-0.4, -0.2) is 29.0 Å². The second kappa shape index (κ2) is 4.34. The normalized spacial score (nSPS) is 16.0. The van der Waals surface area contributed by atoms with Crippen molar-refractivity contribution in [3.63, 3.8) is 0 Å². The summed E-state index contributed by atoms with van der Waals surface area (Å²) in [6.45, 7) is 1.69. The first-order chi connectivity index (χ1) is 7.25. The van der Waals surface area contributed by atoms with Gasteiger partial charge in [0.25, 0.3) is 0 Å². The number of hydrogen-bond acceptors (Lipinski definition) is 2. The Balaban J connectivity index is 1.87. The minimum absolute atomic E-state index is 0.272. The van der Waals surface area contributed by atoms with Crippen molar-refractivity contribution in [3.8, 4) is 5.75 Å². The summed E-state index contributed by atoms with van der Waals surface area (Å²) in [6.07, 6.45) is 2.57. The molecule has 1 aliphatic heterocycles. The minimum atomic E-state index is 0.272. The third kappa shape index (κ3) is 2.49. The van der Waals surface area contributed by atoms with E-state index in [0.29, 0.717) is 6.42 Å². The summed E-state index contributed by atoms with van der Waals surface area (Å²) in [4.78, 5) is 13.2. The molecule has 2 rings (SSSR count). The number of carbonyl (C=O) groups excluding carboxylic acids is 1. The van der Waals surface area contributed by atoms with Crippen molar-refractivity contribution in [2.75, 3.05) is 13.1 Å². The molecule has 0 unspecified atom stereocenters. The highest BCUT2D eigenvalue weighted by molar-refractivity contribution is 5.78. The number of carbonyl (C=O) groups is 1. The quantitative estimate of drug-likeness (QED) is 0.813. The Morgan fingerprint density at radius 3 is 2.60 bits per heavy atom. The van der Waals surface area contributed by atoms with Crippen molar-refractivity contribution in [1.29, 1.82) is 0 Å². The number of phenols is 1. The molecule has 0 atom stereocenters. The molecule has 15 heavy (non-hydrogen) atoms. The molecular formula is C12H15NO2. The van der Waals surface area contributed by atoms with E-state index in [0.717, 1.165) is 31.5 Å². The lowest BCUT2D eigenvalue weighted by molar-refractivity contribution is -0.127. The second-order valence-electron chi connectivity index (χ2n) is 3.90. The number of nitrogens with zero attached hydrogens (tertiary/aromatic N) is 1. The van der Waals surface area contributed by atoms with E-state index >= 15 is 0 Å². The van der Waals surface area contributed by atoms with Crippen LogP contribution in [0.4, 0.5) is 0 Å². The van der Waals surface area contributed by atoms with Gasteiger partial charge in [-0.1, -0.05) is 12.1 Å². The smallest absolute Gasteiger partial charge is 0.222 e. The fourth-order valence-corrected chi connectivity index (χ4v) is 1.87. The molecular weight excluding hydrogens is 190 g/mol. The van der Waals surface area contributed by atoms with Gasteiger partial charge in [-0.15, -0.1) is 0 Å². The van der Waals surface area contributed by atoms with Crippen LogP contribution in [0.1, 0.15) is 18.4 Å². The first-order valence-electron chi connectivity index (χ1n) is 5.31. The topological polar surface area (TPSA) is 40.5 Å². The standard InChI is InChI=1S/C12H15NO2/c14-11-5-3-10(4-6-11)7-9-13-8-1-2-12(13)15/h3-6,14H,1-2,7-9H2. The van der Waals surface area contributed by atoms with Crippen molar-refractivity contribution in [2.45, 2.75) is 19.3 Å². The molecule has 0 bridgehead atoms. The van der Waals surface area contributed by atoms with Crippen LogP contribution in [0, 0.1) is 0 Å². The molecule has 1 amide bonds. The zero-order chi connectivity index (χ0) is 10.7. The van der Waals surface area contributed by atoms with E-state index in [1.807, 2.05) is 17.0 Å². The van der Waals surface area contributed by atoms with Gasteiger partial charge in [0.05, 0.1) is 0 Å². The predicted molar refractivity (Wildman–Crippen MR) is 57.6 cm³/mol. The van der Waals surface area contributed by atoms with Crippen molar-refractivity contribution >= 4 is 5.91 Å². The maximum absolute atomic E-state index is 11.3. The number of phenolic OH excluding ortho intramolecular Hbond substituents is 1. The number of rotatable bonds is 3. The summed E-state index contributed by atoms with van der Waals surface area (Å²) in [7, 11) is 0. The molecule has 1 saturated heterocycles. The summed E-state index contributed by atoms with van der Waals surface area (Å²) >= 11 is 0. The van der Waals surface area contributed by atoms with Gasteiger partial charge in [-0.25, -0.2) is 0 Å². The Morgan fingerprint density at radius 1 is 1.27 bits per heavy atom. The molecule has 80 valence electrons. The fourth-order valence-electron chi connectivity index (χ4n) is 1.87. The lowest BCUT2D eigenvalue weighted by Gasteiger charge is -2.14. The van der Waals surface area contributed by atoms with E-state index < -0.39 is 0 Å². The average Bonchev–Trinajstić information content (AvgIpc) is 2.63. The zero-order valence-electron chi connectivity index (χ0n) is 8.65. The van der Waals surface area contributed by atoms with E-state index in [-0.39, 0.29) is 11.7 Å². The maximum Gasteiger partial charge on any atom is 0.222 e. The van der Waals surface area contributed by atoms with E-state index in [9.17, 15) is 4.79 Å². The van der Waals surface area contributed by atoms with E-state index in [1.54, 1.807) is 12.1 Å². The highest BCUT2D eigenvalue weighted by atomic mass is 16.3. The number of benzene rings is 1. The third-order valence-corrected chi connectivity index (χ3v) is 2.78. The number of amides is 1. The Bertz CT molecular complexity index is 345. The predicted octanol–water partition coefficient (Wildman–Crippen LogP) is 1.56. The molecule has 1 N–H and O–H groups in total. The van der Waals surface area contributed by atoms with Gasteiger partial charge in [-0.2, -0.15) is 0 Å².